The monoisotopic (exact) mass is 1250 g/mol. The van der Waals surface area contributed by atoms with Gasteiger partial charge >= 0.3 is 0 Å². The van der Waals surface area contributed by atoms with Crippen molar-refractivity contribution in [3.63, 3.8) is 0 Å². The average molecular weight is 1250 g/mol. The molecule has 0 saturated heterocycles. The smallest absolute Gasteiger partial charge is 0.135 e. The Morgan fingerprint density at radius 1 is 0.506 bits per heavy atom. The van der Waals surface area contributed by atoms with Gasteiger partial charge in [-0.15, -0.1) is 53.6 Å². The van der Waals surface area contributed by atoms with E-state index >= 15 is 0 Å². The van der Waals surface area contributed by atoms with E-state index in [0.717, 1.165) is 149 Å². The second-order valence-corrected chi connectivity index (χ2v) is 22.5. The number of para-hydroxylation sites is 2. The van der Waals surface area contributed by atoms with Gasteiger partial charge in [-0.05, 0) is 98.5 Å². The van der Waals surface area contributed by atoms with Crippen molar-refractivity contribution >= 4 is 55.6 Å². The molecule has 83 heavy (non-hydrogen) atoms. The van der Waals surface area contributed by atoms with Crippen molar-refractivity contribution in [1.29, 1.82) is 0 Å². The molecule has 0 aliphatic carbocycles. The van der Waals surface area contributed by atoms with Crippen LogP contribution in [-0.2, 0) is 39.4 Å². The third-order valence-corrected chi connectivity index (χ3v) is 16.4. The third-order valence-electron chi connectivity index (χ3n) is 16.4. The van der Waals surface area contributed by atoms with Gasteiger partial charge in [-0.25, -0.2) is 9.97 Å². The van der Waals surface area contributed by atoms with E-state index in [0.29, 0.717) is 11.5 Å². The summed E-state index contributed by atoms with van der Waals surface area (Å²) >= 11 is 0. The van der Waals surface area contributed by atoms with Crippen molar-refractivity contribution in [2.24, 2.45) is 0 Å². The van der Waals surface area contributed by atoms with Crippen molar-refractivity contribution in [3.05, 3.63) is 267 Å². The minimum absolute atomic E-state index is 0. The summed E-state index contributed by atoms with van der Waals surface area (Å²) < 4.78 is 11.9. The molecule has 0 radical (unpaired) electrons. The van der Waals surface area contributed by atoms with E-state index in [2.05, 4.69) is 283 Å². The van der Waals surface area contributed by atoms with Gasteiger partial charge < -0.3 is 23.7 Å². The first-order valence-electron chi connectivity index (χ1n) is 28.4. The molecule has 0 fully saturated rings. The number of pyridine rings is 1. The third kappa shape index (κ3) is 9.30. The van der Waals surface area contributed by atoms with E-state index in [9.17, 15) is 0 Å². The topological polar surface area (TPSA) is 51.4 Å². The molecule has 3 aromatic heterocycles. The molecule has 13 aromatic rings. The largest absolute Gasteiger partial charge is 0.509 e. The van der Waals surface area contributed by atoms with Crippen molar-refractivity contribution in [1.82, 2.24) is 19.1 Å². The zero-order chi connectivity index (χ0) is 54.9. The molecule has 15 rings (SSSR count). The number of fused-ring (bicyclic) bond motifs is 7. The van der Waals surface area contributed by atoms with Gasteiger partial charge in [0.1, 0.15) is 11.6 Å². The Labute approximate surface area is 499 Å². The molecule has 0 saturated carbocycles. The zero-order valence-electron chi connectivity index (χ0n) is 46.3. The van der Waals surface area contributed by atoms with Crippen molar-refractivity contribution < 1.29 is 25.8 Å². The first kappa shape index (κ1) is 51.8. The van der Waals surface area contributed by atoms with Gasteiger partial charge in [0.25, 0.3) is 0 Å². The van der Waals surface area contributed by atoms with E-state index in [4.69, 9.17) is 14.7 Å². The number of aromatic nitrogens is 4. The minimum atomic E-state index is -0.0731. The van der Waals surface area contributed by atoms with Crippen molar-refractivity contribution in [3.8, 4) is 73.0 Å². The summed E-state index contributed by atoms with van der Waals surface area (Å²) in [7, 11) is 0. The Hall–Kier alpha value is -9.29. The SMILES string of the molecule is CC(C)(C)c1ccnc(-n2c3[c-]c(Oc4[c-]c(N5[CH-]N(c6c(-c7ccccc7)cccc6-c6ccccc6)c6cc7c(cc65)nc5n7CCCC5)cc(-c5c(-c6ccccc6)cccc5-c5ccccc5)c4)ccc3c3ccccc32)c1.[Pt]. The fraction of sp³-hybridized carbons (Fsp3) is 0.107. The molecule has 8 heteroatoms. The molecule has 5 heterocycles. The first-order chi connectivity index (χ1) is 40.3. The van der Waals surface area contributed by atoms with Crippen LogP contribution in [0.3, 0.4) is 0 Å². The predicted molar refractivity (Wildman–Crippen MR) is 336 cm³/mol. The van der Waals surface area contributed by atoms with Crippen LogP contribution in [0.25, 0.3) is 94.3 Å². The van der Waals surface area contributed by atoms with Gasteiger partial charge in [-0.3, -0.25) is 0 Å². The molecule has 10 aromatic carbocycles. The van der Waals surface area contributed by atoms with Crippen LogP contribution in [0.15, 0.2) is 237 Å². The summed E-state index contributed by atoms with van der Waals surface area (Å²) in [6, 6.07) is 90.0. The van der Waals surface area contributed by atoms with Crippen LogP contribution in [0.1, 0.15) is 45.0 Å². The molecule has 0 spiro atoms. The quantitative estimate of drug-likeness (QED) is 0.128. The van der Waals surface area contributed by atoms with Crippen LogP contribution in [-0.4, -0.2) is 19.1 Å². The molecule has 7 nitrogen and oxygen atoms in total. The number of aryl methyl sites for hydroxylation is 2. The number of nitrogens with zero attached hydrogens (tertiary/aromatic N) is 6. The number of anilines is 4. The van der Waals surface area contributed by atoms with E-state index in [1.165, 1.54) is 5.56 Å². The number of rotatable bonds is 10. The number of ether oxygens (including phenoxy) is 1. The van der Waals surface area contributed by atoms with Crippen LogP contribution >= 0.6 is 0 Å². The maximum Gasteiger partial charge on any atom is 0.135 e. The second-order valence-electron chi connectivity index (χ2n) is 22.5. The van der Waals surface area contributed by atoms with Gasteiger partial charge in [-0.2, -0.15) is 6.07 Å². The van der Waals surface area contributed by atoms with Crippen molar-refractivity contribution in [2.75, 3.05) is 9.80 Å². The molecule has 2 aliphatic rings. The van der Waals surface area contributed by atoms with Crippen LogP contribution < -0.4 is 14.5 Å². The summed E-state index contributed by atoms with van der Waals surface area (Å²) in [5.74, 6) is 3.08. The Balaban J connectivity index is 0.00000614. The van der Waals surface area contributed by atoms with Gasteiger partial charge in [0.05, 0.1) is 11.0 Å². The fourth-order valence-corrected chi connectivity index (χ4v) is 12.4. The first-order valence-corrected chi connectivity index (χ1v) is 28.4. The maximum atomic E-state index is 7.27. The Bertz CT molecular complexity index is 4450. The standard InChI is InChI=1S/C75H57N6O.Pt/c1-75(2,3)55-39-40-76-72(44-55)81-66-35-17-16-30-63(66)64-38-37-57(46-67(64)81)82-58-43-54(73-59(50-22-8-4-9-23-50)31-20-32-60(73)51-24-10-5-11-25-51)42-56(45-58)79-49-80(70-48-68-65(47-69(70)79)77-71-36-18-19-41-78(68)71)74-61(52-26-12-6-13-27-52)33-21-34-62(74)53-28-14-7-15-29-53;/h4-17,20-35,37-40,42-44,47-49H,18-19,36,41H2,1-3H3;/q-3;. The number of imidazole rings is 1. The van der Waals surface area contributed by atoms with E-state index < -0.39 is 0 Å². The van der Waals surface area contributed by atoms with Crippen LogP contribution in [0.2, 0.25) is 0 Å². The Morgan fingerprint density at radius 3 is 1.76 bits per heavy atom. The number of benzene rings is 10. The summed E-state index contributed by atoms with van der Waals surface area (Å²) in [5, 5.41) is 2.18. The van der Waals surface area contributed by atoms with Crippen LogP contribution in [0.5, 0.6) is 11.5 Å². The molecule has 0 atom stereocenters. The number of hydrogen-bond donors (Lipinski definition) is 0. The fourth-order valence-electron chi connectivity index (χ4n) is 12.4. The van der Waals surface area contributed by atoms with E-state index in [1.807, 2.05) is 12.3 Å². The Morgan fingerprint density at radius 2 is 1.11 bits per heavy atom. The normalized spacial score (nSPS) is 13.1. The summed E-state index contributed by atoms with van der Waals surface area (Å²) in [4.78, 5) is 15.0. The number of hydrogen-bond acceptors (Lipinski definition) is 5. The van der Waals surface area contributed by atoms with Gasteiger partial charge in [0, 0.05) is 85.4 Å². The van der Waals surface area contributed by atoms with Crippen molar-refractivity contribution in [2.45, 2.75) is 52.0 Å². The minimum Gasteiger partial charge on any atom is -0.509 e. The molecule has 0 N–H and O–H groups in total. The summed E-state index contributed by atoms with van der Waals surface area (Å²) in [5.41, 5.74) is 20.1. The summed E-state index contributed by atoms with van der Waals surface area (Å²) in [6.07, 6.45) is 5.13. The van der Waals surface area contributed by atoms with Gasteiger partial charge in [0.2, 0.25) is 0 Å². The molecule has 0 unspecified atom stereocenters. The molecule has 406 valence electrons. The van der Waals surface area contributed by atoms with Gasteiger partial charge in [-0.1, -0.05) is 202 Å². The zero-order valence-corrected chi connectivity index (χ0v) is 48.6. The van der Waals surface area contributed by atoms with Crippen LogP contribution in [0, 0.1) is 18.8 Å². The molecule has 2 aliphatic heterocycles. The summed E-state index contributed by atoms with van der Waals surface area (Å²) in [6.45, 7) is 9.91. The van der Waals surface area contributed by atoms with E-state index in [-0.39, 0.29) is 26.5 Å². The molecule has 0 bridgehead atoms. The van der Waals surface area contributed by atoms with E-state index in [1.54, 1.807) is 0 Å². The Kier molecular flexibility index (Phi) is 13.3. The van der Waals surface area contributed by atoms with Crippen LogP contribution in [0.4, 0.5) is 22.7 Å². The maximum absolute atomic E-state index is 7.27. The molecule has 0 amide bonds. The van der Waals surface area contributed by atoms with Gasteiger partial charge in [0.15, 0.2) is 0 Å². The molecular formula is C75H57N6OPt-3. The molecular weight excluding hydrogens is 1200 g/mol. The average Bonchev–Trinajstić information content (AvgIpc) is 3.66. The second kappa shape index (κ2) is 21.2. The predicted octanol–water partition coefficient (Wildman–Crippen LogP) is 19.3.